The Hall–Kier alpha value is 1.02. The predicted molar refractivity (Wildman–Crippen MR) is 73.0 cm³/mol. The first-order valence-electron chi connectivity index (χ1n) is 6.36. The van der Waals surface area contributed by atoms with Crippen molar-refractivity contribution in [1.29, 1.82) is 0 Å². The fraction of sp³-hybridized carbons (Fsp3) is 0.643. The minimum atomic E-state index is -1.12. The summed E-state index contributed by atoms with van der Waals surface area (Å²) in [6.07, 6.45) is 0. The standard InChI is InChI=1S/C14H25Si.2ClH.Hf/c1-6-15(7-2,8-3)14-10-9-13(11-14)12(4)5;;;/h9-12H,6-8H2,1-5H3;2*1H;/q-1;;;/p-2. The van der Waals surface area contributed by atoms with Crippen LogP contribution in [0.15, 0.2) is 18.2 Å². The fourth-order valence-electron chi connectivity index (χ4n) is 2.51. The summed E-state index contributed by atoms with van der Waals surface area (Å²) in [6.45, 7) is 11.7. The van der Waals surface area contributed by atoms with Crippen molar-refractivity contribution in [2.75, 3.05) is 0 Å². The minimum Gasteiger partial charge on any atom is -1.00 e. The molecule has 0 heterocycles. The van der Waals surface area contributed by atoms with Crippen LogP contribution >= 0.6 is 0 Å². The van der Waals surface area contributed by atoms with Gasteiger partial charge in [0.05, 0.1) is 0 Å². The van der Waals surface area contributed by atoms with Crippen LogP contribution in [0.2, 0.25) is 18.1 Å². The molecule has 0 N–H and O–H groups in total. The molecule has 1 rings (SSSR count). The Labute approximate surface area is 145 Å². The maximum absolute atomic E-state index is 2.48. The topological polar surface area (TPSA) is 0 Å². The molecule has 0 spiro atoms. The second-order valence-electron chi connectivity index (χ2n) is 4.93. The molecule has 0 aliphatic rings. The zero-order valence-electron chi connectivity index (χ0n) is 12.2. The third-order valence-electron chi connectivity index (χ3n) is 4.09. The van der Waals surface area contributed by atoms with Gasteiger partial charge in [0.2, 0.25) is 0 Å². The summed E-state index contributed by atoms with van der Waals surface area (Å²) < 4.78 is 0. The fourth-order valence-corrected chi connectivity index (χ4v) is 6.15. The molecule has 0 nitrogen and oxygen atoms in total. The van der Waals surface area contributed by atoms with Crippen LogP contribution < -0.4 is 30.0 Å². The zero-order chi connectivity index (χ0) is 11.5. The Morgan fingerprint density at radius 1 is 1.06 bits per heavy atom. The molecule has 0 amide bonds. The van der Waals surface area contributed by atoms with Crippen molar-refractivity contribution >= 4 is 13.3 Å². The molecule has 0 aliphatic carbocycles. The minimum absolute atomic E-state index is 0. The Morgan fingerprint density at radius 2 is 1.50 bits per heavy atom. The summed E-state index contributed by atoms with van der Waals surface area (Å²) in [5.41, 5.74) is 1.53. The molecule has 18 heavy (non-hydrogen) atoms. The molecule has 0 atom stereocenters. The summed E-state index contributed by atoms with van der Waals surface area (Å²) in [5, 5.41) is 1.69. The quantitative estimate of drug-likeness (QED) is 0.354. The summed E-state index contributed by atoms with van der Waals surface area (Å²) >= 11 is 0. The monoisotopic (exact) mass is 471 g/mol. The van der Waals surface area contributed by atoms with Gasteiger partial charge in [-0.05, 0) is 5.92 Å². The third-order valence-corrected chi connectivity index (χ3v) is 9.68. The summed E-state index contributed by atoms with van der Waals surface area (Å²) in [7, 11) is -1.12. The maximum atomic E-state index is 2.48. The van der Waals surface area contributed by atoms with E-state index >= 15 is 0 Å². The molecule has 0 radical (unpaired) electrons. The molecule has 0 aliphatic heterocycles. The molecule has 0 unspecified atom stereocenters. The summed E-state index contributed by atoms with van der Waals surface area (Å²) in [6, 6.07) is 11.4. The van der Waals surface area contributed by atoms with E-state index in [1.807, 2.05) is 0 Å². The zero-order valence-corrected chi connectivity index (χ0v) is 18.3. The smallest absolute Gasteiger partial charge is 0.0125 e. The van der Waals surface area contributed by atoms with Gasteiger partial charge >= 0.3 is 0 Å². The molecule has 1 aromatic carbocycles. The van der Waals surface area contributed by atoms with Gasteiger partial charge in [-0.1, -0.05) is 52.8 Å². The molecule has 0 aromatic heterocycles. The van der Waals surface area contributed by atoms with Gasteiger partial charge in [0.1, 0.15) is 0 Å². The molecule has 4 heteroatoms. The summed E-state index contributed by atoms with van der Waals surface area (Å²) in [4.78, 5) is 0. The van der Waals surface area contributed by atoms with E-state index in [9.17, 15) is 0 Å². The molecule has 0 saturated carbocycles. The van der Waals surface area contributed by atoms with Gasteiger partial charge in [0, 0.05) is 33.9 Å². The average Bonchev–Trinajstić information content (AvgIpc) is 2.71. The van der Waals surface area contributed by atoms with Gasteiger partial charge in [0.25, 0.3) is 0 Å². The van der Waals surface area contributed by atoms with E-state index < -0.39 is 8.07 Å². The number of rotatable bonds is 5. The van der Waals surface area contributed by atoms with Gasteiger partial charge in [-0.15, -0.1) is 0 Å². The SMILES string of the molecule is CC[Si](CC)(CC)c1c[cH-]c(C(C)C)c1.[Cl-].[Cl-].[Hf]. The largest absolute Gasteiger partial charge is 1.00 e. The molecular weight excluding hydrogens is 446 g/mol. The van der Waals surface area contributed by atoms with Crippen molar-refractivity contribution in [3.63, 3.8) is 0 Å². The van der Waals surface area contributed by atoms with Crippen LogP contribution in [-0.2, 0) is 25.8 Å². The average molecular weight is 471 g/mol. The van der Waals surface area contributed by atoms with Crippen molar-refractivity contribution in [2.24, 2.45) is 0 Å². The van der Waals surface area contributed by atoms with E-state index in [-0.39, 0.29) is 50.7 Å². The number of halogens is 2. The van der Waals surface area contributed by atoms with E-state index in [1.165, 1.54) is 23.7 Å². The Kier molecular flexibility index (Phi) is 14.4. The van der Waals surface area contributed by atoms with Crippen LogP contribution in [0.1, 0.15) is 46.1 Å². The second-order valence-corrected chi connectivity index (χ2v) is 10.2. The van der Waals surface area contributed by atoms with Crippen molar-refractivity contribution in [1.82, 2.24) is 0 Å². The van der Waals surface area contributed by atoms with Crippen molar-refractivity contribution in [3.8, 4) is 0 Å². The van der Waals surface area contributed by atoms with Crippen LogP contribution in [0.25, 0.3) is 0 Å². The Morgan fingerprint density at radius 3 is 1.78 bits per heavy atom. The molecule has 106 valence electrons. The first-order chi connectivity index (χ1) is 7.09. The van der Waals surface area contributed by atoms with E-state index in [1.54, 1.807) is 5.19 Å². The molecular formula is C14H25Cl2HfSi-3. The van der Waals surface area contributed by atoms with Gasteiger partial charge in [-0.2, -0.15) is 17.7 Å². The van der Waals surface area contributed by atoms with Crippen LogP contribution in [-0.4, -0.2) is 8.07 Å². The third kappa shape index (κ3) is 5.18. The molecule has 0 bridgehead atoms. The number of hydrogen-bond acceptors (Lipinski definition) is 0. The molecule has 0 saturated heterocycles. The van der Waals surface area contributed by atoms with Crippen molar-refractivity contribution in [3.05, 3.63) is 23.8 Å². The Balaban J connectivity index is -0.000000750. The second kappa shape index (κ2) is 10.8. The van der Waals surface area contributed by atoms with Gasteiger partial charge in [0.15, 0.2) is 0 Å². The van der Waals surface area contributed by atoms with Gasteiger partial charge in [-0.25, -0.2) is 11.3 Å². The van der Waals surface area contributed by atoms with E-state index in [4.69, 9.17) is 0 Å². The Bertz CT molecular complexity index is 298. The first-order valence-corrected chi connectivity index (χ1v) is 8.98. The maximum Gasteiger partial charge on any atom is 0.0125 e. The normalized spacial score (nSPS) is 10.3. The molecule has 1 aromatic rings. The molecule has 0 fully saturated rings. The van der Waals surface area contributed by atoms with E-state index in [0.29, 0.717) is 5.92 Å². The first kappa shape index (κ1) is 24.1. The van der Waals surface area contributed by atoms with Crippen molar-refractivity contribution < 1.29 is 50.7 Å². The number of hydrogen-bond donors (Lipinski definition) is 0. The van der Waals surface area contributed by atoms with Crippen molar-refractivity contribution in [2.45, 2.75) is 58.7 Å². The van der Waals surface area contributed by atoms with E-state index in [2.05, 4.69) is 52.8 Å². The van der Waals surface area contributed by atoms with Gasteiger partial charge in [-0.3, -0.25) is 0 Å². The van der Waals surface area contributed by atoms with E-state index in [0.717, 1.165) is 0 Å². The van der Waals surface area contributed by atoms with Crippen LogP contribution in [0.5, 0.6) is 0 Å². The summed E-state index contributed by atoms with van der Waals surface area (Å²) in [5.74, 6) is 0.677. The van der Waals surface area contributed by atoms with Gasteiger partial charge < -0.3 is 24.8 Å². The van der Waals surface area contributed by atoms with Crippen LogP contribution in [0.3, 0.4) is 0 Å². The van der Waals surface area contributed by atoms with Crippen LogP contribution in [0.4, 0.5) is 0 Å². The van der Waals surface area contributed by atoms with Crippen LogP contribution in [0, 0.1) is 0 Å². The predicted octanol–water partition coefficient (Wildman–Crippen LogP) is -1.75.